The molecule has 0 saturated heterocycles. The van der Waals surface area contributed by atoms with Gasteiger partial charge in [0, 0.05) is 5.54 Å². The van der Waals surface area contributed by atoms with E-state index >= 15 is 0 Å². The van der Waals surface area contributed by atoms with Gasteiger partial charge in [-0.25, -0.2) is 0 Å². The van der Waals surface area contributed by atoms with Crippen molar-refractivity contribution in [1.29, 1.82) is 0 Å². The topological polar surface area (TPSA) is 26.0 Å². The lowest BCUT2D eigenvalue weighted by Gasteiger charge is -2.48. The lowest BCUT2D eigenvalue weighted by Crippen LogP contribution is -2.49. The minimum atomic E-state index is 0.0732. The van der Waals surface area contributed by atoms with Crippen LogP contribution in [0.25, 0.3) is 0 Å². The lowest BCUT2D eigenvalue weighted by atomic mass is 9.60. The van der Waals surface area contributed by atoms with E-state index in [0.29, 0.717) is 0 Å². The second-order valence-electron chi connectivity index (χ2n) is 5.44. The molecule has 1 atom stereocenters. The van der Waals surface area contributed by atoms with Crippen molar-refractivity contribution in [3.05, 3.63) is 0 Å². The summed E-state index contributed by atoms with van der Waals surface area (Å²) >= 11 is 0. The number of rotatable bonds is 1. The molecule has 1 unspecified atom stereocenters. The molecular formula is C11H21N. The molecular weight excluding hydrogens is 146 g/mol. The van der Waals surface area contributed by atoms with E-state index in [1.165, 1.54) is 32.1 Å². The fraction of sp³-hybridized carbons (Fsp3) is 1.00. The Balaban J connectivity index is 2.09. The largest absolute Gasteiger partial charge is 0.325 e. The summed E-state index contributed by atoms with van der Waals surface area (Å²) in [7, 11) is 0. The molecule has 0 aromatic heterocycles. The lowest BCUT2D eigenvalue weighted by molar-refractivity contribution is 0.0545. The van der Waals surface area contributed by atoms with E-state index < -0.39 is 0 Å². The molecule has 1 nitrogen and oxygen atoms in total. The highest BCUT2D eigenvalue weighted by molar-refractivity contribution is 4.95. The average Bonchev–Trinajstić information content (AvgIpc) is 2.05. The van der Waals surface area contributed by atoms with Crippen molar-refractivity contribution in [2.24, 2.45) is 23.5 Å². The van der Waals surface area contributed by atoms with Gasteiger partial charge in [0.25, 0.3) is 0 Å². The van der Waals surface area contributed by atoms with Gasteiger partial charge in [-0.2, -0.15) is 0 Å². The molecule has 0 amide bonds. The minimum Gasteiger partial charge on any atom is -0.325 e. The summed E-state index contributed by atoms with van der Waals surface area (Å²) in [5.74, 6) is 2.78. The van der Waals surface area contributed by atoms with Crippen LogP contribution < -0.4 is 5.73 Å². The Labute approximate surface area is 75.7 Å². The van der Waals surface area contributed by atoms with Crippen LogP contribution >= 0.6 is 0 Å². The second kappa shape index (κ2) is 2.73. The van der Waals surface area contributed by atoms with Gasteiger partial charge in [-0.05, 0) is 50.9 Å². The SMILES string of the molecule is CC(C)(N)C1CC2CCC1CC2. The smallest absolute Gasteiger partial charge is 0.0128 e. The third-order valence-electron chi connectivity index (χ3n) is 4.00. The number of nitrogens with two attached hydrogens (primary N) is 1. The van der Waals surface area contributed by atoms with Gasteiger partial charge in [-0.3, -0.25) is 0 Å². The van der Waals surface area contributed by atoms with E-state index in [0.717, 1.165) is 17.8 Å². The fourth-order valence-electron chi connectivity index (χ4n) is 3.29. The van der Waals surface area contributed by atoms with E-state index in [1.807, 2.05) is 0 Å². The van der Waals surface area contributed by atoms with Gasteiger partial charge >= 0.3 is 0 Å². The van der Waals surface area contributed by atoms with Crippen LogP contribution in [0.2, 0.25) is 0 Å². The molecule has 0 spiro atoms. The van der Waals surface area contributed by atoms with Crippen LogP contribution in [0.4, 0.5) is 0 Å². The average molecular weight is 167 g/mol. The van der Waals surface area contributed by atoms with Crippen molar-refractivity contribution < 1.29 is 0 Å². The number of hydrogen-bond donors (Lipinski definition) is 1. The first-order chi connectivity index (χ1) is 5.57. The standard InChI is InChI=1S/C11H21N/c1-11(2,12)10-7-8-3-5-9(10)6-4-8/h8-10H,3-7,12H2,1-2H3. The third kappa shape index (κ3) is 1.39. The Hall–Kier alpha value is -0.0400. The fourth-order valence-corrected chi connectivity index (χ4v) is 3.29. The third-order valence-corrected chi connectivity index (χ3v) is 4.00. The molecule has 3 saturated carbocycles. The van der Waals surface area contributed by atoms with Crippen LogP contribution in [0.3, 0.4) is 0 Å². The maximum absolute atomic E-state index is 6.20. The highest BCUT2D eigenvalue weighted by Crippen LogP contribution is 2.48. The molecule has 0 radical (unpaired) electrons. The molecule has 70 valence electrons. The van der Waals surface area contributed by atoms with E-state index in [2.05, 4.69) is 13.8 Å². The van der Waals surface area contributed by atoms with Crippen molar-refractivity contribution >= 4 is 0 Å². The molecule has 0 aromatic carbocycles. The van der Waals surface area contributed by atoms with Gasteiger partial charge < -0.3 is 5.73 Å². The summed E-state index contributed by atoms with van der Waals surface area (Å²) in [4.78, 5) is 0. The maximum Gasteiger partial charge on any atom is 0.0128 e. The molecule has 2 bridgehead atoms. The molecule has 0 aromatic rings. The van der Waals surface area contributed by atoms with E-state index in [9.17, 15) is 0 Å². The number of fused-ring (bicyclic) bond motifs is 3. The highest BCUT2D eigenvalue weighted by atomic mass is 14.7. The van der Waals surface area contributed by atoms with Crippen molar-refractivity contribution in [2.75, 3.05) is 0 Å². The zero-order valence-corrected chi connectivity index (χ0v) is 8.34. The molecule has 2 N–H and O–H groups in total. The molecule has 3 aliphatic rings. The molecule has 3 aliphatic carbocycles. The second-order valence-corrected chi connectivity index (χ2v) is 5.44. The van der Waals surface area contributed by atoms with E-state index in [-0.39, 0.29) is 5.54 Å². The van der Waals surface area contributed by atoms with Crippen molar-refractivity contribution in [3.8, 4) is 0 Å². The molecule has 12 heavy (non-hydrogen) atoms. The molecule has 1 heteroatoms. The summed E-state index contributed by atoms with van der Waals surface area (Å²) in [5.41, 5.74) is 6.27. The minimum absolute atomic E-state index is 0.0732. The normalized spacial score (nSPS) is 41.8. The predicted molar refractivity (Wildman–Crippen MR) is 51.8 cm³/mol. The van der Waals surface area contributed by atoms with Crippen LogP contribution in [0.1, 0.15) is 46.0 Å². The zero-order valence-electron chi connectivity index (χ0n) is 8.34. The zero-order chi connectivity index (χ0) is 8.77. The van der Waals surface area contributed by atoms with Gasteiger partial charge in [0.15, 0.2) is 0 Å². The summed E-state index contributed by atoms with van der Waals surface area (Å²) in [5, 5.41) is 0. The van der Waals surface area contributed by atoms with Crippen LogP contribution in [0, 0.1) is 17.8 Å². The van der Waals surface area contributed by atoms with Gasteiger partial charge in [-0.15, -0.1) is 0 Å². The summed E-state index contributed by atoms with van der Waals surface area (Å²) < 4.78 is 0. The highest BCUT2D eigenvalue weighted by Gasteiger charge is 2.41. The van der Waals surface area contributed by atoms with Crippen LogP contribution in [-0.4, -0.2) is 5.54 Å². The quantitative estimate of drug-likeness (QED) is 0.638. The van der Waals surface area contributed by atoms with Crippen molar-refractivity contribution in [2.45, 2.75) is 51.5 Å². The first-order valence-electron chi connectivity index (χ1n) is 5.36. The maximum atomic E-state index is 6.20. The van der Waals surface area contributed by atoms with Gasteiger partial charge in [0.1, 0.15) is 0 Å². The molecule has 3 rings (SSSR count). The number of hydrogen-bond acceptors (Lipinski definition) is 1. The molecule has 0 heterocycles. The Morgan fingerprint density at radius 1 is 1.08 bits per heavy atom. The van der Waals surface area contributed by atoms with Gasteiger partial charge in [0.05, 0.1) is 0 Å². The Kier molecular flexibility index (Phi) is 1.95. The van der Waals surface area contributed by atoms with Crippen molar-refractivity contribution in [3.63, 3.8) is 0 Å². The van der Waals surface area contributed by atoms with E-state index in [4.69, 9.17) is 5.73 Å². The van der Waals surface area contributed by atoms with Gasteiger partial charge in [-0.1, -0.05) is 12.8 Å². The Bertz CT molecular complexity index is 160. The summed E-state index contributed by atoms with van der Waals surface area (Å²) in [6.45, 7) is 4.41. The summed E-state index contributed by atoms with van der Waals surface area (Å²) in [6, 6.07) is 0. The van der Waals surface area contributed by atoms with Crippen LogP contribution in [-0.2, 0) is 0 Å². The summed E-state index contributed by atoms with van der Waals surface area (Å²) in [6.07, 6.45) is 7.29. The monoisotopic (exact) mass is 167 g/mol. The molecule has 3 fully saturated rings. The van der Waals surface area contributed by atoms with Crippen LogP contribution in [0.5, 0.6) is 0 Å². The Morgan fingerprint density at radius 2 is 1.67 bits per heavy atom. The van der Waals surface area contributed by atoms with Crippen LogP contribution in [0.15, 0.2) is 0 Å². The first-order valence-corrected chi connectivity index (χ1v) is 5.36. The van der Waals surface area contributed by atoms with Crippen molar-refractivity contribution in [1.82, 2.24) is 0 Å². The molecule has 0 aliphatic heterocycles. The Morgan fingerprint density at radius 3 is 1.92 bits per heavy atom. The van der Waals surface area contributed by atoms with Gasteiger partial charge in [0.2, 0.25) is 0 Å². The van der Waals surface area contributed by atoms with E-state index in [1.54, 1.807) is 0 Å². The first kappa shape index (κ1) is 8.55. The predicted octanol–water partition coefficient (Wildman–Crippen LogP) is 2.55.